The second-order valence-electron chi connectivity index (χ2n) is 4.77. The van der Waals surface area contributed by atoms with Gasteiger partial charge < -0.3 is 10.6 Å². The first-order valence-corrected chi connectivity index (χ1v) is 6.24. The molecule has 2 aromatic rings. The Morgan fingerprint density at radius 2 is 2.10 bits per heavy atom. The lowest BCUT2D eigenvalue weighted by Crippen LogP contribution is -2.24. The standard InChI is InChI=1S/C14H18FN5/c1-9-12(13(16)17)14(20(3)18-9)19(2)8-10-6-4-5-7-11(10)15/h4-7H,8H2,1-3H3,(H3,16,17). The van der Waals surface area contributed by atoms with Gasteiger partial charge in [-0.2, -0.15) is 5.10 Å². The van der Waals surface area contributed by atoms with E-state index < -0.39 is 0 Å². The van der Waals surface area contributed by atoms with Crippen molar-refractivity contribution in [3.8, 4) is 0 Å². The van der Waals surface area contributed by atoms with Crippen molar-refractivity contribution in [2.45, 2.75) is 13.5 Å². The van der Waals surface area contributed by atoms with Gasteiger partial charge in [-0.15, -0.1) is 0 Å². The maximum Gasteiger partial charge on any atom is 0.137 e. The molecule has 0 aliphatic rings. The van der Waals surface area contributed by atoms with E-state index in [2.05, 4.69) is 5.10 Å². The molecule has 0 fully saturated rings. The molecule has 1 aromatic carbocycles. The summed E-state index contributed by atoms with van der Waals surface area (Å²) in [5.74, 6) is 0.423. The maximum absolute atomic E-state index is 13.7. The summed E-state index contributed by atoms with van der Waals surface area (Å²) in [6.45, 7) is 2.18. The molecule has 0 radical (unpaired) electrons. The molecule has 0 aliphatic heterocycles. The third-order valence-electron chi connectivity index (χ3n) is 3.19. The number of nitrogens with zero attached hydrogens (tertiary/aromatic N) is 3. The summed E-state index contributed by atoms with van der Waals surface area (Å²) in [7, 11) is 3.61. The number of amidine groups is 1. The van der Waals surface area contributed by atoms with E-state index in [-0.39, 0.29) is 11.7 Å². The summed E-state index contributed by atoms with van der Waals surface area (Å²) in [5, 5.41) is 11.9. The number of rotatable bonds is 4. The van der Waals surface area contributed by atoms with E-state index in [4.69, 9.17) is 11.1 Å². The highest BCUT2D eigenvalue weighted by molar-refractivity contribution is 6.00. The van der Waals surface area contributed by atoms with Crippen molar-refractivity contribution in [3.05, 3.63) is 46.9 Å². The van der Waals surface area contributed by atoms with Crippen molar-refractivity contribution in [2.24, 2.45) is 12.8 Å². The van der Waals surface area contributed by atoms with Gasteiger partial charge in [0.05, 0.1) is 11.3 Å². The van der Waals surface area contributed by atoms with Crippen LogP contribution in [0.5, 0.6) is 0 Å². The minimum atomic E-state index is -0.248. The lowest BCUT2D eigenvalue weighted by molar-refractivity contribution is 0.605. The molecule has 0 bridgehead atoms. The third-order valence-corrected chi connectivity index (χ3v) is 3.19. The number of aryl methyl sites for hydroxylation is 2. The molecule has 20 heavy (non-hydrogen) atoms. The Kier molecular flexibility index (Phi) is 3.74. The number of aromatic nitrogens is 2. The normalized spacial score (nSPS) is 10.6. The summed E-state index contributed by atoms with van der Waals surface area (Å²) in [4.78, 5) is 1.84. The number of nitrogens with two attached hydrogens (primary N) is 1. The molecule has 0 atom stereocenters. The van der Waals surface area contributed by atoms with Crippen LogP contribution in [-0.2, 0) is 13.6 Å². The van der Waals surface area contributed by atoms with Crippen LogP contribution in [0.3, 0.4) is 0 Å². The number of benzene rings is 1. The first kappa shape index (κ1) is 14.0. The molecule has 1 aromatic heterocycles. The van der Waals surface area contributed by atoms with Gasteiger partial charge in [0.1, 0.15) is 17.5 Å². The van der Waals surface area contributed by atoms with E-state index in [9.17, 15) is 4.39 Å². The number of hydrogen-bond donors (Lipinski definition) is 2. The minimum Gasteiger partial charge on any atom is -0.384 e. The van der Waals surface area contributed by atoms with Gasteiger partial charge in [0.15, 0.2) is 0 Å². The number of hydrogen-bond acceptors (Lipinski definition) is 3. The fraction of sp³-hybridized carbons (Fsp3) is 0.286. The van der Waals surface area contributed by atoms with E-state index >= 15 is 0 Å². The van der Waals surface area contributed by atoms with Gasteiger partial charge in [-0.05, 0) is 13.0 Å². The lowest BCUT2D eigenvalue weighted by atomic mass is 10.1. The Bertz CT molecular complexity index is 647. The fourth-order valence-electron chi connectivity index (χ4n) is 2.36. The van der Waals surface area contributed by atoms with E-state index in [1.807, 2.05) is 11.9 Å². The molecule has 106 valence electrons. The second-order valence-corrected chi connectivity index (χ2v) is 4.77. The molecule has 3 N–H and O–H groups in total. The summed E-state index contributed by atoms with van der Waals surface area (Å²) < 4.78 is 15.4. The summed E-state index contributed by atoms with van der Waals surface area (Å²) >= 11 is 0. The van der Waals surface area contributed by atoms with Crippen LogP contribution in [-0.4, -0.2) is 22.7 Å². The van der Waals surface area contributed by atoms with Gasteiger partial charge in [0.2, 0.25) is 0 Å². The highest BCUT2D eigenvalue weighted by Crippen LogP contribution is 2.23. The van der Waals surface area contributed by atoms with Crippen LogP contribution in [0.15, 0.2) is 24.3 Å². The Morgan fingerprint density at radius 3 is 2.70 bits per heavy atom. The fourth-order valence-corrected chi connectivity index (χ4v) is 2.36. The smallest absolute Gasteiger partial charge is 0.137 e. The number of halogens is 1. The number of anilines is 1. The van der Waals surface area contributed by atoms with Crippen LogP contribution in [0, 0.1) is 18.2 Å². The van der Waals surface area contributed by atoms with Crippen LogP contribution in [0.25, 0.3) is 0 Å². The molecular weight excluding hydrogens is 257 g/mol. The summed E-state index contributed by atoms with van der Waals surface area (Å²) in [6, 6.07) is 6.63. The van der Waals surface area contributed by atoms with E-state index in [0.29, 0.717) is 29.2 Å². The zero-order valence-corrected chi connectivity index (χ0v) is 11.8. The van der Waals surface area contributed by atoms with Gasteiger partial charge in [-0.3, -0.25) is 10.1 Å². The molecule has 5 nitrogen and oxygen atoms in total. The topological polar surface area (TPSA) is 70.9 Å². The van der Waals surface area contributed by atoms with Gasteiger partial charge >= 0.3 is 0 Å². The quantitative estimate of drug-likeness (QED) is 0.660. The molecular formula is C14H18FN5. The minimum absolute atomic E-state index is 0.0361. The van der Waals surface area contributed by atoms with Crippen molar-refractivity contribution in [2.75, 3.05) is 11.9 Å². The van der Waals surface area contributed by atoms with E-state index in [1.165, 1.54) is 6.07 Å². The third kappa shape index (κ3) is 2.49. The predicted octanol–water partition coefficient (Wildman–Crippen LogP) is 1.79. The molecule has 0 saturated carbocycles. The Morgan fingerprint density at radius 1 is 1.45 bits per heavy atom. The van der Waals surface area contributed by atoms with Gasteiger partial charge in [0.25, 0.3) is 0 Å². The molecule has 0 amide bonds. The predicted molar refractivity (Wildman–Crippen MR) is 77.5 cm³/mol. The largest absolute Gasteiger partial charge is 0.384 e. The van der Waals surface area contributed by atoms with Crippen molar-refractivity contribution in [1.29, 1.82) is 5.41 Å². The average Bonchev–Trinajstić information content (AvgIpc) is 2.67. The van der Waals surface area contributed by atoms with E-state index in [0.717, 1.165) is 0 Å². The molecule has 0 unspecified atom stereocenters. The van der Waals surface area contributed by atoms with Crippen molar-refractivity contribution in [3.63, 3.8) is 0 Å². The maximum atomic E-state index is 13.7. The highest BCUT2D eigenvalue weighted by Gasteiger charge is 2.19. The summed E-state index contributed by atoms with van der Waals surface area (Å²) in [5.41, 5.74) is 7.48. The molecule has 0 aliphatic carbocycles. The van der Waals surface area contributed by atoms with Crippen LogP contribution >= 0.6 is 0 Å². The highest BCUT2D eigenvalue weighted by atomic mass is 19.1. The SMILES string of the molecule is Cc1nn(C)c(N(C)Cc2ccccc2F)c1C(=N)N. The Balaban J connectivity index is 2.37. The molecule has 1 heterocycles. The van der Waals surface area contributed by atoms with Crippen molar-refractivity contribution >= 4 is 11.7 Å². The molecule has 0 spiro atoms. The van der Waals surface area contributed by atoms with Crippen molar-refractivity contribution < 1.29 is 4.39 Å². The van der Waals surface area contributed by atoms with Crippen molar-refractivity contribution in [1.82, 2.24) is 9.78 Å². The lowest BCUT2D eigenvalue weighted by Gasteiger charge is -2.21. The molecule has 6 heteroatoms. The van der Waals surface area contributed by atoms with Crippen LogP contribution in [0.4, 0.5) is 10.2 Å². The number of nitrogen functional groups attached to an aromatic ring is 1. The molecule has 0 saturated heterocycles. The van der Waals surface area contributed by atoms with Gasteiger partial charge in [-0.1, -0.05) is 18.2 Å². The zero-order chi connectivity index (χ0) is 14.9. The first-order chi connectivity index (χ1) is 9.41. The average molecular weight is 275 g/mol. The van der Waals surface area contributed by atoms with Crippen LogP contribution in [0.1, 0.15) is 16.8 Å². The van der Waals surface area contributed by atoms with E-state index in [1.54, 1.807) is 36.9 Å². The first-order valence-electron chi connectivity index (χ1n) is 6.24. The van der Waals surface area contributed by atoms with Crippen LogP contribution < -0.4 is 10.6 Å². The molecule has 2 rings (SSSR count). The van der Waals surface area contributed by atoms with Crippen LogP contribution in [0.2, 0.25) is 0 Å². The number of nitrogens with one attached hydrogen (secondary N) is 1. The monoisotopic (exact) mass is 275 g/mol. The zero-order valence-electron chi connectivity index (χ0n) is 11.8. The van der Waals surface area contributed by atoms with Gasteiger partial charge in [-0.25, -0.2) is 4.39 Å². The Labute approximate surface area is 117 Å². The summed E-state index contributed by atoms with van der Waals surface area (Å²) in [6.07, 6.45) is 0. The Hall–Kier alpha value is -2.37. The van der Waals surface area contributed by atoms with Gasteiger partial charge in [0, 0.05) is 26.2 Å². The second kappa shape index (κ2) is 5.32.